The predicted molar refractivity (Wildman–Crippen MR) is 105 cm³/mol. The molecule has 3 rings (SSSR count). The van der Waals surface area contributed by atoms with Crippen LogP contribution in [0.1, 0.15) is 22.6 Å². The Kier molecular flexibility index (Phi) is 6.45. The maximum atomic E-state index is 12.2. The third-order valence-electron chi connectivity index (χ3n) is 4.02. The second-order valence-electron chi connectivity index (χ2n) is 6.17. The molecule has 3 aromatic rings. The molecule has 11 heteroatoms. The van der Waals surface area contributed by atoms with E-state index in [0.29, 0.717) is 24.5 Å². The molecule has 1 aromatic carbocycles. The summed E-state index contributed by atoms with van der Waals surface area (Å²) in [6.45, 7) is 2.86. The Hall–Kier alpha value is -3.40. The zero-order valence-electron chi connectivity index (χ0n) is 15.6. The van der Waals surface area contributed by atoms with Gasteiger partial charge >= 0.3 is 5.69 Å². The number of nitrogens with one attached hydrogen (secondary N) is 1. The normalized spacial score (nSPS) is 10.7. The SMILES string of the molecule is Cc1nn(CCCNC(=O)c2ccn(COc3ccccc3[N+](=O)[O-])n2)cc1Cl. The van der Waals surface area contributed by atoms with Gasteiger partial charge in [0.1, 0.15) is 5.69 Å². The Morgan fingerprint density at radius 3 is 2.79 bits per heavy atom. The first kappa shape index (κ1) is 20.3. The molecular formula is C18H19ClN6O4. The van der Waals surface area contributed by atoms with Crippen LogP contribution in [0.15, 0.2) is 42.7 Å². The van der Waals surface area contributed by atoms with Crippen molar-refractivity contribution in [2.45, 2.75) is 26.6 Å². The lowest BCUT2D eigenvalue weighted by atomic mass is 10.3. The van der Waals surface area contributed by atoms with Gasteiger partial charge in [-0.1, -0.05) is 23.7 Å². The maximum Gasteiger partial charge on any atom is 0.311 e. The van der Waals surface area contributed by atoms with Crippen LogP contribution in [0.5, 0.6) is 5.75 Å². The fourth-order valence-electron chi connectivity index (χ4n) is 2.56. The van der Waals surface area contributed by atoms with Crippen LogP contribution in [0.25, 0.3) is 0 Å². The van der Waals surface area contributed by atoms with E-state index in [-0.39, 0.29) is 29.8 Å². The number of ether oxygens (including phenoxy) is 1. The molecule has 0 aliphatic rings. The number of nitro benzene ring substituents is 1. The van der Waals surface area contributed by atoms with E-state index in [2.05, 4.69) is 15.5 Å². The predicted octanol–water partition coefficient (Wildman–Crippen LogP) is 2.81. The molecule has 0 fully saturated rings. The lowest BCUT2D eigenvalue weighted by Gasteiger charge is -2.06. The maximum absolute atomic E-state index is 12.2. The van der Waals surface area contributed by atoms with Gasteiger partial charge in [0, 0.05) is 31.5 Å². The molecule has 10 nitrogen and oxygen atoms in total. The van der Waals surface area contributed by atoms with Crippen LogP contribution in [-0.2, 0) is 13.3 Å². The lowest BCUT2D eigenvalue weighted by molar-refractivity contribution is -0.386. The number of aryl methyl sites for hydroxylation is 2. The molecule has 29 heavy (non-hydrogen) atoms. The Labute approximate surface area is 171 Å². The smallest absolute Gasteiger partial charge is 0.311 e. The average Bonchev–Trinajstić information content (AvgIpc) is 3.30. The van der Waals surface area contributed by atoms with Crippen LogP contribution in [0.3, 0.4) is 0 Å². The standard InChI is InChI=1S/C18H19ClN6O4/c1-13-14(19)11-23(21-13)9-4-8-20-18(26)15-7-10-24(22-15)12-29-17-6-3-2-5-16(17)25(27)28/h2-3,5-7,10-11H,4,8-9,12H2,1H3,(H,20,26). The van der Waals surface area contributed by atoms with Crippen LogP contribution in [0.2, 0.25) is 5.02 Å². The zero-order valence-corrected chi connectivity index (χ0v) is 16.4. The molecule has 0 saturated carbocycles. The molecule has 0 aliphatic heterocycles. The van der Waals surface area contributed by atoms with Gasteiger partial charge in [-0.15, -0.1) is 0 Å². The topological polar surface area (TPSA) is 117 Å². The van der Waals surface area contributed by atoms with E-state index in [1.165, 1.54) is 16.8 Å². The first-order valence-electron chi connectivity index (χ1n) is 8.81. The van der Waals surface area contributed by atoms with Gasteiger partial charge in [-0.2, -0.15) is 10.2 Å². The van der Waals surface area contributed by atoms with Gasteiger partial charge < -0.3 is 10.1 Å². The number of nitrogens with zero attached hydrogens (tertiary/aromatic N) is 5. The van der Waals surface area contributed by atoms with Gasteiger partial charge in [0.05, 0.1) is 15.6 Å². The molecule has 0 radical (unpaired) electrons. The number of amides is 1. The van der Waals surface area contributed by atoms with E-state index in [9.17, 15) is 14.9 Å². The molecule has 0 atom stereocenters. The molecule has 2 heterocycles. The van der Waals surface area contributed by atoms with Gasteiger partial charge in [0.15, 0.2) is 12.5 Å². The van der Waals surface area contributed by atoms with E-state index in [1.54, 1.807) is 35.3 Å². The van der Waals surface area contributed by atoms with Gasteiger partial charge in [-0.05, 0) is 25.5 Å². The zero-order chi connectivity index (χ0) is 20.8. The molecule has 1 N–H and O–H groups in total. The average molecular weight is 419 g/mol. The number of rotatable bonds is 9. The molecule has 2 aromatic heterocycles. The number of benzene rings is 1. The van der Waals surface area contributed by atoms with Crippen molar-refractivity contribution in [1.29, 1.82) is 0 Å². The molecule has 0 bridgehead atoms. The highest BCUT2D eigenvalue weighted by atomic mass is 35.5. The Morgan fingerprint density at radius 1 is 1.28 bits per heavy atom. The monoisotopic (exact) mass is 418 g/mol. The highest BCUT2D eigenvalue weighted by Gasteiger charge is 2.14. The van der Waals surface area contributed by atoms with Crippen molar-refractivity contribution < 1.29 is 14.5 Å². The van der Waals surface area contributed by atoms with E-state index in [0.717, 1.165) is 5.69 Å². The summed E-state index contributed by atoms with van der Waals surface area (Å²) < 4.78 is 8.57. The molecule has 0 spiro atoms. The van der Waals surface area contributed by atoms with E-state index >= 15 is 0 Å². The molecule has 0 unspecified atom stereocenters. The first-order chi connectivity index (χ1) is 13.9. The van der Waals surface area contributed by atoms with E-state index < -0.39 is 4.92 Å². The second-order valence-corrected chi connectivity index (χ2v) is 6.58. The summed E-state index contributed by atoms with van der Waals surface area (Å²) in [7, 11) is 0. The summed E-state index contributed by atoms with van der Waals surface area (Å²) >= 11 is 5.96. The van der Waals surface area contributed by atoms with Crippen molar-refractivity contribution >= 4 is 23.2 Å². The van der Waals surface area contributed by atoms with E-state index in [1.807, 2.05) is 6.92 Å². The van der Waals surface area contributed by atoms with Crippen molar-refractivity contribution in [3.05, 3.63) is 69.3 Å². The van der Waals surface area contributed by atoms with Gasteiger partial charge in [0.25, 0.3) is 5.91 Å². The molecule has 0 saturated heterocycles. The molecule has 0 aliphatic carbocycles. The number of hydrogen-bond acceptors (Lipinski definition) is 6. The van der Waals surface area contributed by atoms with Crippen LogP contribution >= 0.6 is 11.6 Å². The summed E-state index contributed by atoms with van der Waals surface area (Å²) in [6.07, 6.45) is 4.00. The summed E-state index contributed by atoms with van der Waals surface area (Å²) in [4.78, 5) is 22.7. The number of carbonyl (C=O) groups excluding carboxylic acids is 1. The minimum absolute atomic E-state index is 0.0580. The molecule has 152 valence electrons. The lowest BCUT2D eigenvalue weighted by Crippen LogP contribution is -2.26. The Morgan fingerprint density at radius 2 is 2.07 bits per heavy atom. The first-order valence-corrected chi connectivity index (χ1v) is 9.19. The molecular weight excluding hydrogens is 400 g/mol. The van der Waals surface area contributed by atoms with Crippen molar-refractivity contribution in [2.75, 3.05) is 6.54 Å². The number of carbonyl (C=O) groups is 1. The number of halogens is 1. The van der Waals surface area contributed by atoms with E-state index in [4.69, 9.17) is 16.3 Å². The van der Waals surface area contributed by atoms with Crippen LogP contribution < -0.4 is 10.1 Å². The summed E-state index contributed by atoms with van der Waals surface area (Å²) in [5.41, 5.74) is 0.865. The minimum Gasteiger partial charge on any atom is -0.464 e. The quantitative estimate of drug-likeness (QED) is 0.324. The van der Waals surface area contributed by atoms with Crippen molar-refractivity contribution in [3.8, 4) is 5.75 Å². The highest BCUT2D eigenvalue weighted by Crippen LogP contribution is 2.25. The van der Waals surface area contributed by atoms with Gasteiger partial charge in [-0.3, -0.25) is 19.6 Å². The number of hydrogen-bond donors (Lipinski definition) is 1. The van der Waals surface area contributed by atoms with Crippen molar-refractivity contribution in [3.63, 3.8) is 0 Å². The molecule has 1 amide bonds. The van der Waals surface area contributed by atoms with Gasteiger partial charge in [0.2, 0.25) is 0 Å². The van der Waals surface area contributed by atoms with Crippen molar-refractivity contribution in [2.24, 2.45) is 0 Å². The van der Waals surface area contributed by atoms with Crippen LogP contribution in [-0.4, -0.2) is 36.9 Å². The summed E-state index contributed by atoms with van der Waals surface area (Å²) in [5, 5.41) is 22.8. The number of aromatic nitrogens is 4. The van der Waals surface area contributed by atoms with Crippen molar-refractivity contribution in [1.82, 2.24) is 24.9 Å². The third kappa shape index (κ3) is 5.32. The second kappa shape index (κ2) is 9.20. The fraction of sp³-hybridized carbons (Fsp3) is 0.278. The largest absolute Gasteiger partial charge is 0.464 e. The Balaban J connectivity index is 1.46. The van der Waals surface area contributed by atoms with Gasteiger partial charge in [-0.25, -0.2) is 4.68 Å². The third-order valence-corrected chi connectivity index (χ3v) is 4.39. The summed E-state index contributed by atoms with van der Waals surface area (Å²) in [6, 6.07) is 7.61. The van der Waals surface area contributed by atoms with Crippen LogP contribution in [0.4, 0.5) is 5.69 Å². The summed E-state index contributed by atoms with van der Waals surface area (Å²) in [5.74, 6) is -0.183. The van der Waals surface area contributed by atoms with Crippen LogP contribution in [0, 0.1) is 17.0 Å². The fourth-order valence-corrected chi connectivity index (χ4v) is 2.71. The highest BCUT2D eigenvalue weighted by molar-refractivity contribution is 6.31. The number of nitro groups is 1. The minimum atomic E-state index is -0.518. The Bertz CT molecular complexity index is 996. The number of para-hydroxylation sites is 2.